The van der Waals surface area contributed by atoms with Crippen molar-refractivity contribution in [3.8, 4) is 21.7 Å². The van der Waals surface area contributed by atoms with E-state index in [2.05, 4.69) is 5.10 Å². The molecule has 1 aromatic carbocycles. The van der Waals surface area contributed by atoms with Crippen LogP contribution < -0.4 is 5.14 Å². The molecule has 138 valence electrons. The van der Waals surface area contributed by atoms with E-state index in [1.165, 1.54) is 31.2 Å². The third-order valence-electron chi connectivity index (χ3n) is 3.74. The highest BCUT2D eigenvalue weighted by Gasteiger charge is 2.41. The molecule has 0 fully saturated rings. The van der Waals surface area contributed by atoms with Gasteiger partial charge in [-0.3, -0.25) is 4.68 Å². The van der Waals surface area contributed by atoms with Crippen LogP contribution in [0.4, 0.5) is 13.2 Å². The van der Waals surface area contributed by atoms with E-state index in [1.807, 2.05) is 0 Å². The molecule has 26 heavy (non-hydrogen) atoms. The first kappa shape index (κ1) is 18.6. The minimum atomic E-state index is -4.66. The number of aromatic nitrogens is 2. The lowest BCUT2D eigenvalue weighted by atomic mass is 10.0. The number of primary sulfonamides is 1. The molecule has 0 saturated carbocycles. The van der Waals surface area contributed by atoms with Crippen LogP contribution in [0.2, 0.25) is 0 Å². The Labute approximate surface area is 151 Å². The van der Waals surface area contributed by atoms with E-state index in [0.29, 0.717) is 4.88 Å². The molecule has 0 aliphatic rings. The molecule has 2 aromatic heterocycles. The van der Waals surface area contributed by atoms with Gasteiger partial charge in [-0.15, -0.1) is 11.3 Å². The summed E-state index contributed by atoms with van der Waals surface area (Å²) in [4.78, 5) is 0.0727. The number of rotatable bonds is 4. The Bertz CT molecular complexity index is 1040. The Morgan fingerprint density at radius 3 is 2.42 bits per heavy atom. The summed E-state index contributed by atoms with van der Waals surface area (Å²) in [6, 6.07) is 8.80. The summed E-state index contributed by atoms with van der Waals surface area (Å²) in [6.45, 7) is 1.51. The largest absolute Gasteiger partial charge is 0.433 e. The van der Waals surface area contributed by atoms with Gasteiger partial charge in [0.25, 0.3) is 0 Å². The first-order chi connectivity index (χ1) is 12.1. The molecule has 10 heteroatoms. The summed E-state index contributed by atoms with van der Waals surface area (Å²) in [5.74, 6) is 0. The summed E-state index contributed by atoms with van der Waals surface area (Å²) < 4.78 is 65.9. The fourth-order valence-corrected chi connectivity index (χ4v) is 4.24. The Morgan fingerprint density at radius 2 is 1.88 bits per heavy atom. The summed E-state index contributed by atoms with van der Waals surface area (Å²) in [7, 11) is -4.14. The van der Waals surface area contributed by atoms with Crippen molar-refractivity contribution in [1.82, 2.24) is 9.78 Å². The maximum atomic E-state index is 13.8. The number of thiophene rings is 1. The average Bonchev–Trinajstić information content (AvgIpc) is 3.20. The molecule has 0 aliphatic heterocycles. The molecule has 5 nitrogen and oxygen atoms in total. The van der Waals surface area contributed by atoms with E-state index in [9.17, 15) is 21.6 Å². The predicted molar refractivity (Wildman–Crippen MR) is 93.0 cm³/mol. The van der Waals surface area contributed by atoms with Crippen molar-refractivity contribution in [1.29, 1.82) is 0 Å². The fourth-order valence-electron chi connectivity index (χ4n) is 2.73. The molecule has 3 rings (SSSR count). The van der Waals surface area contributed by atoms with Crippen molar-refractivity contribution >= 4 is 21.4 Å². The maximum absolute atomic E-state index is 13.8. The van der Waals surface area contributed by atoms with Crippen molar-refractivity contribution in [2.24, 2.45) is 5.14 Å². The number of nitrogens with two attached hydrogens (primary N) is 1. The number of aryl methyl sites for hydroxylation is 1. The molecular formula is C16H14F3N3O2S2. The number of nitrogens with zero attached hydrogens (tertiary/aromatic N) is 2. The van der Waals surface area contributed by atoms with Crippen LogP contribution in [-0.2, 0) is 22.7 Å². The monoisotopic (exact) mass is 401 g/mol. The Hall–Kier alpha value is -2.17. The zero-order valence-electron chi connectivity index (χ0n) is 13.5. The fraction of sp³-hybridized carbons (Fsp3) is 0.188. The van der Waals surface area contributed by atoms with Gasteiger partial charge in [0.2, 0.25) is 10.0 Å². The second kappa shape index (κ2) is 6.53. The van der Waals surface area contributed by atoms with Gasteiger partial charge >= 0.3 is 6.18 Å². The van der Waals surface area contributed by atoms with Crippen LogP contribution in [0.25, 0.3) is 21.7 Å². The molecule has 2 heterocycles. The van der Waals surface area contributed by atoms with Crippen LogP contribution in [-0.4, -0.2) is 18.2 Å². The van der Waals surface area contributed by atoms with Gasteiger partial charge in [-0.25, -0.2) is 13.6 Å². The van der Waals surface area contributed by atoms with Gasteiger partial charge in [-0.05, 0) is 24.4 Å². The van der Waals surface area contributed by atoms with Gasteiger partial charge < -0.3 is 0 Å². The van der Waals surface area contributed by atoms with Crippen LogP contribution in [0.1, 0.15) is 12.6 Å². The molecule has 0 amide bonds. The van der Waals surface area contributed by atoms with Gasteiger partial charge in [0, 0.05) is 17.0 Å². The minimum Gasteiger partial charge on any atom is -0.259 e. The molecule has 0 radical (unpaired) electrons. The van der Waals surface area contributed by atoms with E-state index in [1.54, 1.807) is 17.5 Å². The second-order valence-corrected chi connectivity index (χ2v) is 7.88. The van der Waals surface area contributed by atoms with Crippen molar-refractivity contribution in [2.45, 2.75) is 24.5 Å². The van der Waals surface area contributed by atoms with Crippen LogP contribution in [0.15, 0.2) is 46.7 Å². The summed E-state index contributed by atoms with van der Waals surface area (Å²) in [6.07, 6.45) is -4.66. The number of sulfonamides is 1. The van der Waals surface area contributed by atoms with Crippen molar-refractivity contribution in [3.63, 3.8) is 0 Å². The molecular weight excluding hydrogens is 387 g/mol. The van der Waals surface area contributed by atoms with Crippen molar-refractivity contribution in [3.05, 3.63) is 47.5 Å². The lowest BCUT2D eigenvalue weighted by Gasteiger charge is -2.11. The lowest BCUT2D eigenvalue weighted by Crippen LogP contribution is -2.14. The lowest BCUT2D eigenvalue weighted by molar-refractivity contribution is -0.143. The quantitative estimate of drug-likeness (QED) is 0.719. The number of hydrogen-bond acceptors (Lipinski definition) is 4. The molecule has 0 unspecified atom stereocenters. The smallest absolute Gasteiger partial charge is 0.259 e. The molecule has 0 atom stereocenters. The molecule has 0 aliphatic carbocycles. The van der Waals surface area contributed by atoms with Crippen LogP contribution in [0.3, 0.4) is 0 Å². The third kappa shape index (κ3) is 3.27. The first-order valence-electron chi connectivity index (χ1n) is 7.48. The van der Waals surface area contributed by atoms with Gasteiger partial charge in [0.1, 0.15) is 5.69 Å². The Kier molecular flexibility index (Phi) is 4.67. The molecule has 0 saturated heterocycles. The molecule has 2 N–H and O–H groups in total. The summed E-state index contributed by atoms with van der Waals surface area (Å²) >= 11 is 1.12. The van der Waals surface area contributed by atoms with E-state index < -0.39 is 21.9 Å². The molecule has 0 spiro atoms. The maximum Gasteiger partial charge on any atom is 0.433 e. The third-order valence-corrected chi connectivity index (χ3v) is 5.59. The topological polar surface area (TPSA) is 78.0 Å². The second-order valence-electron chi connectivity index (χ2n) is 5.40. The van der Waals surface area contributed by atoms with Crippen molar-refractivity contribution < 1.29 is 21.6 Å². The first-order valence-corrected chi connectivity index (χ1v) is 9.91. The highest BCUT2D eigenvalue weighted by molar-refractivity contribution is 7.89. The van der Waals surface area contributed by atoms with Crippen LogP contribution in [0, 0.1) is 0 Å². The highest BCUT2D eigenvalue weighted by Crippen LogP contribution is 2.45. The summed E-state index contributed by atoms with van der Waals surface area (Å²) in [5, 5.41) is 11.0. The van der Waals surface area contributed by atoms with E-state index in [0.717, 1.165) is 16.0 Å². The van der Waals surface area contributed by atoms with Crippen molar-refractivity contribution in [2.75, 3.05) is 0 Å². The Balaban J connectivity index is 2.43. The number of hydrogen-bond donors (Lipinski definition) is 1. The van der Waals surface area contributed by atoms with Crippen LogP contribution in [0.5, 0.6) is 0 Å². The van der Waals surface area contributed by atoms with Gasteiger partial charge in [0.05, 0.1) is 10.5 Å². The zero-order chi connectivity index (χ0) is 19.1. The predicted octanol–water partition coefficient (Wildman–Crippen LogP) is 3.96. The van der Waals surface area contributed by atoms with Crippen LogP contribution >= 0.6 is 11.3 Å². The summed E-state index contributed by atoms with van der Waals surface area (Å²) in [5.41, 5.74) is -1.09. The Morgan fingerprint density at radius 1 is 1.19 bits per heavy atom. The standard InChI is InChI=1S/C16H14F3N3O2S2/c1-2-22-15(16(17,18)19)13(11-7-5-9-25-11)14(21-22)10-6-3-4-8-12(10)26(20,23)24/h3-9H,2H2,1H3,(H2,20,23,24). The SMILES string of the molecule is CCn1nc(-c2ccccc2S(N)(=O)=O)c(-c2cccs2)c1C(F)(F)F. The number of alkyl halides is 3. The average molecular weight is 401 g/mol. The van der Waals surface area contributed by atoms with Gasteiger partial charge in [-0.2, -0.15) is 18.3 Å². The van der Waals surface area contributed by atoms with E-state index >= 15 is 0 Å². The number of benzene rings is 1. The molecule has 0 bridgehead atoms. The van der Waals surface area contributed by atoms with Gasteiger partial charge in [-0.1, -0.05) is 24.3 Å². The number of halogens is 3. The van der Waals surface area contributed by atoms with E-state index in [-0.39, 0.29) is 28.3 Å². The molecule has 3 aromatic rings. The normalized spacial score (nSPS) is 12.5. The highest BCUT2D eigenvalue weighted by atomic mass is 32.2. The van der Waals surface area contributed by atoms with Gasteiger partial charge in [0.15, 0.2) is 5.69 Å². The minimum absolute atomic E-state index is 0.0231. The zero-order valence-corrected chi connectivity index (χ0v) is 15.1. The van der Waals surface area contributed by atoms with E-state index in [4.69, 9.17) is 5.14 Å².